The maximum Gasteiger partial charge on any atom is 0.302 e. The van der Waals surface area contributed by atoms with Crippen molar-refractivity contribution >= 4 is 27.7 Å². The molecule has 1 fully saturated rings. The predicted octanol–water partition coefficient (Wildman–Crippen LogP) is 2.03. The third kappa shape index (κ3) is 4.45. The Kier molecular flexibility index (Phi) is 4.65. The van der Waals surface area contributed by atoms with Crippen LogP contribution in [0.2, 0.25) is 5.02 Å². The molecule has 0 spiro atoms. The number of nitrogens with zero attached hydrogens (tertiary/aromatic N) is 1. The first-order chi connectivity index (χ1) is 9.33. The molecule has 0 aliphatic carbocycles. The Morgan fingerprint density at radius 1 is 1.30 bits per heavy atom. The predicted molar refractivity (Wildman–Crippen MR) is 74.7 cm³/mol. The summed E-state index contributed by atoms with van der Waals surface area (Å²) in [7, 11) is -4.52. The number of hydrogen-bond donors (Lipinski definition) is 0. The molecule has 0 bridgehead atoms. The van der Waals surface area contributed by atoms with Gasteiger partial charge < -0.3 is 4.90 Å². The molecule has 0 N–H and O–H groups in total. The topological polar surface area (TPSA) is 54.5 Å². The van der Waals surface area contributed by atoms with Crippen LogP contribution in [0.4, 0.5) is 3.89 Å². The zero-order valence-electron chi connectivity index (χ0n) is 10.8. The fraction of sp³-hybridized carbons (Fsp3) is 0.462. The van der Waals surface area contributed by atoms with Gasteiger partial charge in [0.15, 0.2) is 0 Å². The van der Waals surface area contributed by atoms with E-state index < -0.39 is 21.9 Å². The summed E-state index contributed by atoms with van der Waals surface area (Å²) in [6.45, 7) is 0.804. The third-order valence-corrected chi connectivity index (χ3v) is 4.43. The minimum Gasteiger partial charge on any atom is -0.342 e. The van der Waals surface area contributed by atoms with Crippen LogP contribution in [0.25, 0.3) is 0 Å². The molecule has 2 rings (SSSR count). The second kappa shape index (κ2) is 6.10. The summed E-state index contributed by atoms with van der Waals surface area (Å²) in [6, 6.07) is 7.32. The van der Waals surface area contributed by atoms with Gasteiger partial charge in [-0.3, -0.25) is 4.79 Å². The minimum absolute atomic E-state index is 0.101. The van der Waals surface area contributed by atoms with Gasteiger partial charge in [-0.05, 0) is 24.1 Å². The normalized spacial score (nSPS) is 19.6. The molecule has 7 heteroatoms. The summed E-state index contributed by atoms with van der Waals surface area (Å²) in [6.07, 6.45) is 0.766. The number of amides is 1. The van der Waals surface area contributed by atoms with Crippen molar-refractivity contribution in [3.05, 3.63) is 34.9 Å². The van der Waals surface area contributed by atoms with Crippen molar-refractivity contribution in [1.29, 1.82) is 0 Å². The van der Waals surface area contributed by atoms with E-state index in [1.807, 2.05) is 12.1 Å². The van der Waals surface area contributed by atoms with Crippen LogP contribution in [0.5, 0.6) is 0 Å². The highest BCUT2D eigenvalue weighted by Gasteiger charge is 2.32. The first kappa shape index (κ1) is 15.3. The van der Waals surface area contributed by atoms with Gasteiger partial charge in [0.25, 0.3) is 0 Å². The molecule has 1 aromatic rings. The van der Waals surface area contributed by atoms with Crippen LogP contribution in [0.1, 0.15) is 12.0 Å². The monoisotopic (exact) mass is 319 g/mol. The zero-order valence-corrected chi connectivity index (χ0v) is 12.3. The number of halogens is 2. The Balaban J connectivity index is 1.87. The zero-order chi connectivity index (χ0) is 14.8. The highest BCUT2D eigenvalue weighted by Crippen LogP contribution is 2.20. The number of hydrogen-bond acceptors (Lipinski definition) is 3. The highest BCUT2D eigenvalue weighted by atomic mass is 35.5. The van der Waals surface area contributed by atoms with Gasteiger partial charge in [-0.2, -0.15) is 8.42 Å². The van der Waals surface area contributed by atoms with E-state index in [2.05, 4.69) is 0 Å². The van der Waals surface area contributed by atoms with Gasteiger partial charge in [0.1, 0.15) is 0 Å². The van der Waals surface area contributed by atoms with E-state index in [-0.39, 0.29) is 12.3 Å². The molecular weight excluding hydrogens is 305 g/mol. The fourth-order valence-electron chi connectivity index (χ4n) is 2.38. The molecular formula is C13H15ClFNO3S. The molecule has 0 saturated carbocycles. The van der Waals surface area contributed by atoms with E-state index >= 15 is 0 Å². The van der Waals surface area contributed by atoms with Crippen LogP contribution in [0.3, 0.4) is 0 Å². The number of benzene rings is 1. The van der Waals surface area contributed by atoms with E-state index in [4.69, 9.17) is 11.6 Å². The first-order valence-electron chi connectivity index (χ1n) is 6.28. The lowest BCUT2D eigenvalue weighted by Gasteiger charge is -2.16. The molecule has 1 unspecified atom stereocenters. The molecule has 1 atom stereocenters. The van der Waals surface area contributed by atoms with Crippen LogP contribution in [0.15, 0.2) is 24.3 Å². The van der Waals surface area contributed by atoms with Gasteiger partial charge in [-0.15, -0.1) is 3.89 Å². The number of carbonyl (C=O) groups is 1. The van der Waals surface area contributed by atoms with Gasteiger partial charge >= 0.3 is 10.2 Å². The van der Waals surface area contributed by atoms with Gasteiger partial charge in [-0.25, -0.2) is 0 Å². The summed E-state index contributed by atoms with van der Waals surface area (Å²) in [4.78, 5) is 13.3. The van der Waals surface area contributed by atoms with Crippen molar-refractivity contribution in [2.75, 3.05) is 18.8 Å². The summed E-state index contributed by atoms with van der Waals surface area (Å²) in [5, 5.41) is 0.652. The van der Waals surface area contributed by atoms with Crippen LogP contribution in [-0.4, -0.2) is 38.1 Å². The van der Waals surface area contributed by atoms with Gasteiger partial charge in [-0.1, -0.05) is 23.7 Å². The molecule has 0 radical (unpaired) electrons. The molecule has 1 saturated heterocycles. The molecule has 0 aromatic heterocycles. The van der Waals surface area contributed by atoms with Gasteiger partial charge in [0.2, 0.25) is 5.91 Å². The average molecular weight is 320 g/mol. The summed E-state index contributed by atoms with van der Waals surface area (Å²) in [5.74, 6) is -1.13. The largest absolute Gasteiger partial charge is 0.342 e. The van der Waals surface area contributed by atoms with Crippen molar-refractivity contribution in [1.82, 2.24) is 4.90 Å². The Morgan fingerprint density at radius 3 is 2.55 bits per heavy atom. The first-order valence-corrected chi connectivity index (χ1v) is 8.21. The molecule has 4 nitrogen and oxygen atoms in total. The Morgan fingerprint density at radius 2 is 1.95 bits per heavy atom. The van der Waals surface area contributed by atoms with Gasteiger partial charge in [0.05, 0.1) is 5.75 Å². The van der Waals surface area contributed by atoms with Crippen molar-refractivity contribution < 1.29 is 17.1 Å². The minimum atomic E-state index is -4.52. The van der Waals surface area contributed by atoms with E-state index in [0.717, 1.165) is 5.56 Å². The van der Waals surface area contributed by atoms with Crippen molar-refractivity contribution in [2.24, 2.45) is 5.92 Å². The fourth-order valence-corrected chi connectivity index (χ4v) is 3.29. The molecule has 1 amide bonds. The van der Waals surface area contributed by atoms with E-state index in [1.165, 1.54) is 0 Å². The van der Waals surface area contributed by atoms with Crippen LogP contribution in [-0.2, 0) is 21.4 Å². The lowest BCUT2D eigenvalue weighted by Crippen LogP contribution is -2.28. The van der Waals surface area contributed by atoms with Crippen LogP contribution >= 0.6 is 11.6 Å². The second-order valence-corrected chi connectivity index (χ2v) is 6.84. The average Bonchev–Trinajstić information content (AvgIpc) is 2.66. The maximum atomic E-state index is 12.6. The number of rotatable bonds is 5. The van der Waals surface area contributed by atoms with E-state index in [1.54, 1.807) is 17.0 Å². The van der Waals surface area contributed by atoms with Crippen molar-refractivity contribution in [3.8, 4) is 0 Å². The lowest BCUT2D eigenvalue weighted by atomic mass is 10.1. The van der Waals surface area contributed by atoms with E-state index in [9.17, 15) is 17.1 Å². The van der Waals surface area contributed by atoms with Crippen molar-refractivity contribution in [2.45, 2.75) is 12.8 Å². The number of likely N-dealkylation sites (tertiary alicyclic amines) is 1. The van der Waals surface area contributed by atoms with Crippen molar-refractivity contribution in [3.63, 3.8) is 0 Å². The summed E-state index contributed by atoms with van der Waals surface area (Å²) in [5.41, 5.74) is 1.05. The van der Waals surface area contributed by atoms with E-state index in [0.29, 0.717) is 24.5 Å². The molecule has 1 aliphatic rings. The molecule has 1 heterocycles. The maximum absolute atomic E-state index is 12.6. The second-order valence-electron chi connectivity index (χ2n) is 4.99. The molecule has 1 aliphatic heterocycles. The SMILES string of the molecule is O=C1CC(CS(=O)(=O)F)CN1CCc1ccc(Cl)cc1. The molecule has 110 valence electrons. The molecule has 1 aromatic carbocycles. The van der Waals surface area contributed by atoms with Gasteiger partial charge in [0, 0.05) is 30.5 Å². The lowest BCUT2D eigenvalue weighted by molar-refractivity contribution is -0.127. The Labute approximate surface area is 122 Å². The third-order valence-electron chi connectivity index (χ3n) is 3.31. The summed E-state index contributed by atoms with van der Waals surface area (Å²) >= 11 is 5.79. The van der Waals surface area contributed by atoms with Crippen LogP contribution < -0.4 is 0 Å². The smallest absolute Gasteiger partial charge is 0.302 e. The highest BCUT2D eigenvalue weighted by molar-refractivity contribution is 7.86. The van der Waals surface area contributed by atoms with Crippen LogP contribution in [0, 0.1) is 5.92 Å². The standard InChI is InChI=1S/C13H15ClFNO3S/c14-12-3-1-10(2-4-12)5-6-16-8-11(7-13(16)17)9-20(15,18)19/h1-4,11H,5-9H2. The quantitative estimate of drug-likeness (QED) is 0.780. The Hall–Kier alpha value is -1.14. The Bertz CT molecular complexity index is 588. The number of carbonyl (C=O) groups excluding carboxylic acids is 1. The summed E-state index contributed by atoms with van der Waals surface area (Å²) < 4.78 is 33.8. The molecule has 20 heavy (non-hydrogen) atoms.